The fourth-order valence-corrected chi connectivity index (χ4v) is 2.85. The summed E-state index contributed by atoms with van der Waals surface area (Å²) in [6, 6.07) is 22.7. The first kappa shape index (κ1) is 13.6. The van der Waals surface area contributed by atoms with Crippen molar-refractivity contribution in [2.75, 3.05) is 5.32 Å². The summed E-state index contributed by atoms with van der Waals surface area (Å²) in [6.07, 6.45) is 3.90. The van der Waals surface area contributed by atoms with Crippen LogP contribution >= 0.6 is 0 Å². The second kappa shape index (κ2) is 5.97. The zero-order valence-corrected chi connectivity index (χ0v) is 12.7. The van der Waals surface area contributed by atoms with E-state index in [1.807, 2.05) is 30.5 Å². The van der Waals surface area contributed by atoms with Gasteiger partial charge in [-0.1, -0.05) is 42.5 Å². The van der Waals surface area contributed by atoms with Gasteiger partial charge in [0, 0.05) is 40.1 Å². The van der Waals surface area contributed by atoms with E-state index >= 15 is 0 Å². The molecule has 2 N–H and O–H groups in total. The van der Waals surface area contributed by atoms with E-state index in [1.165, 1.54) is 16.5 Å². The highest BCUT2D eigenvalue weighted by atomic mass is 14.9. The Morgan fingerprint density at radius 1 is 0.826 bits per heavy atom. The Balaban J connectivity index is 1.70. The van der Waals surface area contributed by atoms with Crippen molar-refractivity contribution in [2.24, 2.45) is 0 Å². The molecule has 0 saturated carbocycles. The first-order chi connectivity index (χ1) is 11.4. The Hall–Kier alpha value is -3.07. The molecule has 0 saturated heterocycles. The molecule has 0 aliphatic carbocycles. The molecule has 2 heterocycles. The minimum Gasteiger partial charge on any atom is -0.379 e. The van der Waals surface area contributed by atoms with E-state index < -0.39 is 0 Å². The van der Waals surface area contributed by atoms with Crippen LogP contribution in [0.4, 0.5) is 5.69 Å². The molecular formula is C20H17N3. The standard InChI is InChI=1S/C20H17N3/c1-3-10-19(22-13-15-7-5-6-12-21-15)16(8-1)18-14-23-20-11-4-2-9-17(18)20/h1-12,14,22-23H,13H2. The van der Waals surface area contributed by atoms with E-state index in [-0.39, 0.29) is 0 Å². The smallest absolute Gasteiger partial charge is 0.0594 e. The van der Waals surface area contributed by atoms with Crippen LogP contribution in [-0.4, -0.2) is 9.97 Å². The lowest BCUT2D eigenvalue weighted by molar-refractivity contribution is 1.05. The van der Waals surface area contributed by atoms with Crippen molar-refractivity contribution in [1.29, 1.82) is 0 Å². The SMILES string of the molecule is c1ccc(CNc2ccccc2-c2c[nH]c3ccccc23)nc1. The second-order valence-corrected chi connectivity index (χ2v) is 5.47. The van der Waals surface area contributed by atoms with Gasteiger partial charge in [-0.2, -0.15) is 0 Å². The summed E-state index contributed by atoms with van der Waals surface area (Å²) in [5, 5.41) is 4.74. The van der Waals surface area contributed by atoms with Crippen LogP contribution in [0, 0.1) is 0 Å². The maximum Gasteiger partial charge on any atom is 0.0594 e. The Bertz CT molecular complexity index is 926. The third-order valence-corrected chi connectivity index (χ3v) is 3.99. The Morgan fingerprint density at radius 3 is 2.57 bits per heavy atom. The zero-order valence-electron chi connectivity index (χ0n) is 12.7. The molecule has 2 aromatic carbocycles. The molecule has 0 spiro atoms. The van der Waals surface area contributed by atoms with Gasteiger partial charge in [-0.15, -0.1) is 0 Å². The minimum atomic E-state index is 0.709. The van der Waals surface area contributed by atoms with Gasteiger partial charge in [0.15, 0.2) is 0 Å². The Kier molecular flexibility index (Phi) is 3.53. The first-order valence-electron chi connectivity index (χ1n) is 7.71. The van der Waals surface area contributed by atoms with Crippen molar-refractivity contribution in [1.82, 2.24) is 9.97 Å². The molecule has 0 radical (unpaired) electrons. The number of pyridine rings is 1. The summed E-state index contributed by atoms with van der Waals surface area (Å²) in [6.45, 7) is 0.709. The lowest BCUT2D eigenvalue weighted by Gasteiger charge is -2.11. The highest BCUT2D eigenvalue weighted by Crippen LogP contribution is 2.33. The molecular weight excluding hydrogens is 282 g/mol. The first-order valence-corrected chi connectivity index (χ1v) is 7.71. The van der Waals surface area contributed by atoms with Crippen LogP contribution in [-0.2, 0) is 6.54 Å². The van der Waals surface area contributed by atoms with Gasteiger partial charge in [0.05, 0.1) is 12.2 Å². The highest BCUT2D eigenvalue weighted by molar-refractivity contribution is 5.98. The molecule has 0 fully saturated rings. The van der Waals surface area contributed by atoms with Gasteiger partial charge in [-0.05, 0) is 24.3 Å². The molecule has 3 nitrogen and oxygen atoms in total. The summed E-state index contributed by atoms with van der Waals surface area (Å²) in [7, 11) is 0. The molecule has 0 aliphatic rings. The number of nitrogens with one attached hydrogen (secondary N) is 2. The van der Waals surface area contributed by atoms with Gasteiger partial charge in [-0.25, -0.2) is 0 Å². The number of para-hydroxylation sites is 2. The third kappa shape index (κ3) is 2.69. The quantitative estimate of drug-likeness (QED) is 0.566. The van der Waals surface area contributed by atoms with Crippen LogP contribution < -0.4 is 5.32 Å². The van der Waals surface area contributed by atoms with Crippen molar-refractivity contribution in [2.45, 2.75) is 6.54 Å². The summed E-state index contributed by atoms with van der Waals surface area (Å²) in [4.78, 5) is 7.72. The molecule has 0 amide bonds. The molecule has 4 rings (SSSR count). The number of hydrogen-bond acceptors (Lipinski definition) is 2. The van der Waals surface area contributed by atoms with Crippen molar-refractivity contribution in [3.63, 3.8) is 0 Å². The predicted octanol–water partition coefficient (Wildman–Crippen LogP) is 4.84. The van der Waals surface area contributed by atoms with E-state index in [4.69, 9.17) is 0 Å². The van der Waals surface area contributed by atoms with Gasteiger partial charge >= 0.3 is 0 Å². The number of aromatic amines is 1. The van der Waals surface area contributed by atoms with Crippen molar-refractivity contribution < 1.29 is 0 Å². The molecule has 0 bridgehead atoms. The lowest BCUT2D eigenvalue weighted by atomic mass is 10.0. The second-order valence-electron chi connectivity index (χ2n) is 5.47. The summed E-state index contributed by atoms with van der Waals surface area (Å²) < 4.78 is 0. The van der Waals surface area contributed by atoms with Crippen LogP contribution in [0.5, 0.6) is 0 Å². The van der Waals surface area contributed by atoms with Gasteiger partial charge in [0.1, 0.15) is 0 Å². The highest BCUT2D eigenvalue weighted by Gasteiger charge is 2.09. The average Bonchev–Trinajstić information content (AvgIpc) is 3.05. The fraction of sp³-hybridized carbons (Fsp3) is 0.0500. The van der Waals surface area contributed by atoms with Crippen LogP contribution in [0.3, 0.4) is 0 Å². The van der Waals surface area contributed by atoms with E-state index in [2.05, 4.69) is 63.9 Å². The van der Waals surface area contributed by atoms with Crippen LogP contribution in [0.1, 0.15) is 5.69 Å². The molecule has 0 aliphatic heterocycles. The lowest BCUT2D eigenvalue weighted by Crippen LogP contribution is -2.02. The Labute approximate surface area is 135 Å². The van der Waals surface area contributed by atoms with Crippen molar-refractivity contribution in [3.8, 4) is 11.1 Å². The summed E-state index contributed by atoms with van der Waals surface area (Å²) in [5.74, 6) is 0. The molecule has 4 aromatic rings. The number of benzene rings is 2. The minimum absolute atomic E-state index is 0.709. The van der Waals surface area contributed by atoms with E-state index in [1.54, 1.807) is 0 Å². The van der Waals surface area contributed by atoms with Gasteiger partial charge in [0.25, 0.3) is 0 Å². The molecule has 0 unspecified atom stereocenters. The summed E-state index contributed by atoms with van der Waals surface area (Å²) in [5.41, 5.74) is 5.71. The van der Waals surface area contributed by atoms with E-state index in [0.717, 1.165) is 16.9 Å². The van der Waals surface area contributed by atoms with Crippen molar-refractivity contribution >= 4 is 16.6 Å². The number of H-pyrrole nitrogens is 1. The molecule has 23 heavy (non-hydrogen) atoms. The van der Waals surface area contributed by atoms with Crippen LogP contribution in [0.2, 0.25) is 0 Å². The fourth-order valence-electron chi connectivity index (χ4n) is 2.85. The van der Waals surface area contributed by atoms with Crippen molar-refractivity contribution in [3.05, 3.63) is 84.8 Å². The average molecular weight is 299 g/mol. The van der Waals surface area contributed by atoms with Gasteiger partial charge < -0.3 is 10.3 Å². The van der Waals surface area contributed by atoms with E-state index in [0.29, 0.717) is 6.54 Å². The number of hydrogen-bond donors (Lipinski definition) is 2. The predicted molar refractivity (Wildman–Crippen MR) is 95.3 cm³/mol. The normalized spacial score (nSPS) is 10.8. The molecule has 112 valence electrons. The topological polar surface area (TPSA) is 40.7 Å². The maximum absolute atomic E-state index is 4.37. The number of fused-ring (bicyclic) bond motifs is 1. The monoisotopic (exact) mass is 299 g/mol. The number of aromatic nitrogens is 2. The van der Waals surface area contributed by atoms with Crippen LogP contribution in [0.25, 0.3) is 22.0 Å². The zero-order chi connectivity index (χ0) is 15.5. The van der Waals surface area contributed by atoms with Gasteiger partial charge in [-0.3, -0.25) is 4.98 Å². The molecule has 3 heteroatoms. The molecule has 2 aromatic heterocycles. The number of nitrogens with zero attached hydrogens (tertiary/aromatic N) is 1. The summed E-state index contributed by atoms with van der Waals surface area (Å²) >= 11 is 0. The number of anilines is 1. The third-order valence-electron chi connectivity index (χ3n) is 3.99. The maximum atomic E-state index is 4.37. The molecule has 0 atom stereocenters. The Morgan fingerprint density at radius 2 is 1.65 bits per heavy atom. The number of rotatable bonds is 4. The van der Waals surface area contributed by atoms with Crippen LogP contribution in [0.15, 0.2) is 79.1 Å². The van der Waals surface area contributed by atoms with Gasteiger partial charge in [0.2, 0.25) is 0 Å². The van der Waals surface area contributed by atoms with E-state index in [9.17, 15) is 0 Å². The largest absolute Gasteiger partial charge is 0.379 e.